The highest BCUT2D eigenvalue weighted by molar-refractivity contribution is 5.76. The van der Waals surface area contributed by atoms with Crippen LogP contribution in [0.4, 0.5) is 4.79 Å². The van der Waals surface area contributed by atoms with Crippen LogP contribution in [0.3, 0.4) is 0 Å². The molecule has 0 unspecified atom stereocenters. The summed E-state index contributed by atoms with van der Waals surface area (Å²) in [6, 6.07) is 3.38. The number of fused-ring (bicyclic) bond motifs is 1. The first-order valence-corrected chi connectivity index (χ1v) is 10.1. The molecule has 4 aromatic heterocycles. The van der Waals surface area contributed by atoms with Crippen molar-refractivity contribution in [3.63, 3.8) is 0 Å². The lowest BCUT2D eigenvalue weighted by molar-refractivity contribution is 0.191. The number of amides is 1. The Bertz CT molecular complexity index is 1340. The molecule has 32 heavy (non-hydrogen) atoms. The molecule has 0 radical (unpaired) electrons. The Morgan fingerprint density at radius 3 is 2.88 bits per heavy atom. The molecule has 0 aromatic carbocycles. The number of ether oxygens (including phenoxy) is 1. The number of hydrogen-bond acceptors (Lipinski definition) is 6. The standard InChI is InChI=1S/C21H23N7O4/c1-12(2)18-13(3)26-19-16(10-25-28(19)20(18)29)14-9-24-27(11-14)17-8-15(4-5-22-17)32-7-6-23-21(30)31/h4-5,8-12,23,26H,6-7H2,1-3H3,(H,30,31). The van der Waals surface area contributed by atoms with Gasteiger partial charge in [-0.3, -0.25) is 4.79 Å². The largest absolute Gasteiger partial charge is 0.492 e. The molecule has 4 heterocycles. The van der Waals surface area contributed by atoms with E-state index >= 15 is 0 Å². The van der Waals surface area contributed by atoms with Crippen LogP contribution in [-0.2, 0) is 0 Å². The highest BCUT2D eigenvalue weighted by Gasteiger charge is 2.17. The Hall–Kier alpha value is -4.15. The number of aromatic nitrogens is 6. The highest BCUT2D eigenvalue weighted by atomic mass is 16.5. The number of H-pyrrole nitrogens is 1. The molecule has 0 atom stereocenters. The van der Waals surface area contributed by atoms with E-state index in [0.717, 1.165) is 16.8 Å². The lowest BCUT2D eigenvalue weighted by atomic mass is 10.0. The molecule has 1 amide bonds. The van der Waals surface area contributed by atoms with Gasteiger partial charge >= 0.3 is 6.09 Å². The molecule has 0 bridgehead atoms. The van der Waals surface area contributed by atoms with Crippen molar-refractivity contribution in [3.8, 4) is 22.7 Å². The molecule has 3 N–H and O–H groups in total. The number of carbonyl (C=O) groups is 1. The fourth-order valence-electron chi connectivity index (χ4n) is 3.56. The number of rotatable bonds is 7. The molecule has 11 nitrogen and oxygen atoms in total. The summed E-state index contributed by atoms with van der Waals surface area (Å²) in [5.41, 5.74) is 3.52. The molecule has 11 heteroatoms. The van der Waals surface area contributed by atoms with Gasteiger partial charge in [0.25, 0.3) is 5.56 Å². The molecular weight excluding hydrogens is 414 g/mol. The fraction of sp³-hybridized carbons (Fsp3) is 0.286. The third-order valence-corrected chi connectivity index (χ3v) is 4.97. The number of nitrogens with one attached hydrogen (secondary N) is 2. The number of pyridine rings is 1. The van der Waals surface area contributed by atoms with Crippen molar-refractivity contribution in [2.45, 2.75) is 26.7 Å². The average Bonchev–Trinajstić information content (AvgIpc) is 3.38. The van der Waals surface area contributed by atoms with Gasteiger partial charge in [-0.1, -0.05) is 13.8 Å². The van der Waals surface area contributed by atoms with Gasteiger partial charge in [-0.15, -0.1) is 0 Å². The third-order valence-electron chi connectivity index (χ3n) is 4.97. The lowest BCUT2D eigenvalue weighted by Gasteiger charge is -2.09. The molecule has 0 saturated heterocycles. The summed E-state index contributed by atoms with van der Waals surface area (Å²) in [5.74, 6) is 1.15. The van der Waals surface area contributed by atoms with Gasteiger partial charge in [0.15, 0.2) is 5.82 Å². The van der Waals surface area contributed by atoms with Gasteiger partial charge in [0, 0.05) is 40.8 Å². The maximum atomic E-state index is 12.8. The van der Waals surface area contributed by atoms with Crippen molar-refractivity contribution in [2.75, 3.05) is 13.2 Å². The van der Waals surface area contributed by atoms with Gasteiger partial charge in [-0.05, 0) is 18.9 Å². The van der Waals surface area contributed by atoms with Crippen molar-refractivity contribution < 1.29 is 14.6 Å². The highest BCUT2D eigenvalue weighted by Crippen LogP contribution is 2.25. The minimum Gasteiger partial charge on any atom is -0.492 e. The van der Waals surface area contributed by atoms with E-state index in [1.165, 1.54) is 4.52 Å². The van der Waals surface area contributed by atoms with Gasteiger partial charge in [-0.2, -0.15) is 14.7 Å². The summed E-state index contributed by atoms with van der Waals surface area (Å²) in [7, 11) is 0. The van der Waals surface area contributed by atoms with Crippen molar-refractivity contribution in [2.24, 2.45) is 0 Å². The second-order valence-electron chi connectivity index (χ2n) is 7.55. The van der Waals surface area contributed by atoms with Gasteiger partial charge in [0.1, 0.15) is 18.0 Å². The predicted molar refractivity (Wildman–Crippen MR) is 117 cm³/mol. The van der Waals surface area contributed by atoms with E-state index in [1.54, 1.807) is 41.6 Å². The molecule has 0 aliphatic rings. The number of hydrogen-bond donors (Lipinski definition) is 3. The van der Waals surface area contributed by atoms with Crippen LogP contribution >= 0.6 is 0 Å². The van der Waals surface area contributed by atoms with E-state index in [1.807, 2.05) is 20.8 Å². The van der Waals surface area contributed by atoms with Crippen LogP contribution in [-0.4, -0.2) is 53.7 Å². The van der Waals surface area contributed by atoms with E-state index in [4.69, 9.17) is 9.84 Å². The van der Waals surface area contributed by atoms with Crippen LogP contribution in [0.5, 0.6) is 5.75 Å². The number of nitrogens with zero attached hydrogens (tertiary/aromatic N) is 5. The zero-order valence-electron chi connectivity index (χ0n) is 17.9. The molecule has 4 rings (SSSR count). The van der Waals surface area contributed by atoms with Crippen LogP contribution < -0.4 is 15.6 Å². The minimum absolute atomic E-state index is 0.0824. The Morgan fingerprint density at radius 2 is 2.12 bits per heavy atom. The van der Waals surface area contributed by atoms with Crippen molar-refractivity contribution in [3.05, 3.63) is 58.5 Å². The van der Waals surface area contributed by atoms with Crippen molar-refractivity contribution in [1.29, 1.82) is 0 Å². The quantitative estimate of drug-likeness (QED) is 0.377. The van der Waals surface area contributed by atoms with E-state index in [-0.39, 0.29) is 24.6 Å². The average molecular weight is 437 g/mol. The topological polar surface area (TPSA) is 139 Å². The number of carboxylic acid groups (broad SMARTS) is 1. The van der Waals surface area contributed by atoms with E-state index < -0.39 is 6.09 Å². The van der Waals surface area contributed by atoms with Gasteiger partial charge in [0.2, 0.25) is 0 Å². The fourth-order valence-corrected chi connectivity index (χ4v) is 3.56. The summed E-state index contributed by atoms with van der Waals surface area (Å²) in [6.45, 7) is 6.20. The summed E-state index contributed by atoms with van der Waals surface area (Å²) in [4.78, 5) is 31.0. The first-order valence-electron chi connectivity index (χ1n) is 10.1. The second-order valence-corrected chi connectivity index (χ2v) is 7.55. The zero-order chi connectivity index (χ0) is 22.8. The van der Waals surface area contributed by atoms with Crippen LogP contribution in [0, 0.1) is 6.92 Å². The monoisotopic (exact) mass is 437 g/mol. The van der Waals surface area contributed by atoms with Crippen molar-refractivity contribution in [1.82, 2.24) is 34.7 Å². The van der Waals surface area contributed by atoms with Gasteiger partial charge in [0.05, 0.1) is 18.9 Å². The summed E-state index contributed by atoms with van der Waals surface area (Å²) >= 11 is 0. The minimum atomic E-state index is -1.10. The Kier molecular flexibility index (Phi) is 5.63. The molecule has 0 saturated carbocycles. The first-order chi connectivity index (χ1) is 15.3. The molecule has 0 fully saturated rings. The van der Waals surface area contributed by atoms with E-state index in [9.17, 15) is 9.59 Å². The molecule has 0 spiro atoms. The zero-order valence-corrected chi connectivity index (χ0v) is 17.9. The Balaban J connectivity index is 1.61. The Morgan fingerprint density at radius 1 is 1.31 bits per heavy atom. The molecule has 166 valence electrons. The van der Waals surface area contributed by atoms with Crippen LogP contribution in [0.25, 0.3) is 22.6 Å². The summed E-state index contributed by atoms with van der Waals surface area (Å²) in [5, 5.41) is 19.5. The molecule has 0 aliphatic heterocycles. The van der Waals surface area contributed by atoms with Crippen LogP contribution in [0.1, 0.15) is 31.0 Å². The smallest absolute Gasteiger partial charge is 0.404 e. The van der Waals surface area contributed by atoms with Gasteiger partial charge in [-0.25, -0.2) is 14.5 Å². The summed E-state index contributed by atoms with van der Waals surface area (Å²) in [6.07, 6.45) is 5.59. The molecular formula is C21H23N7O4. The Labute approximate surface area is 182 Å². The van der Waals surface area contributed by atoms with Gasteiger partial charge < -0.3 is 20.1 Å². The predicted octanol–water partition coefficient (Wildman–Crippen LogP) is 2.35. The van der Waals surface area contributed by atoms with Crippen LogP contribution in [0.15, 0.2) is 41.7 Å². The third kappa shape index (κ3) is 4.04. The van der Waals surface area contributed by atoms with Crippen molar-refractivity contribution >= 4 is 11.7 Å². The molecule has 4 aromatic rings. The normalized spacial score (nSPS) is 11.2. The van der Waals surface area contributed by atoms with E-state index in [0.29, 0.717) is 22.8 Å². The second kappa shape index (κ2) is 8.53. The molecule has 0 aliphatic carbocycles. The van der Waals surface area contributed by atoms with Crippen LogP contribution in [0.2, 0.25) is 0 Å². The number of aryl methyl sites for hydroxylation is 1. The maximum Gasteiger partial charge on any atom is 0.404 e. The maximum absolute atomic E-state index is 12.8. The summed E-state index contributed by atoms with van der Waals surface area (Å²) < 4.78 is 8.53. The first kappa shape index (κ1) is 21.1. The lowest BCUT2D eigenvalue weighted by Crippen LogP contribution is -2.26. The van der Waals surface area contributed by atoms with E-state index in [2.05, 4.69) is 25.5 Å². The number of aromatic amines is 1. The SMILES string of the molecule is Cc1[nH]c2c(-c3cnn(-c4cc(OCCNC(=O)O)ccn4)c3)cnn2c(=O)c1C(C)C.